The van der Waals surface area contributed by atoms with Gasteiger partial charge in [-0.1, -0.05) is 6.58 Å². The molecule has 1 atom stereocenters. The molecule has 168 valence electrons. The van der Waals surface area contributed by atoms with E-state index in [0.717, 1.165) is 0 Å². The molecule has 0 aliphatic heterocycles. The Bertz CT molecular complexity index is 799. The van der Waals surface area contributed by atoms with E-state index in [9.17, 15) is 49.1 Å². The lowest BCUT2D eigenvalue weighted by Gasteiger charge is -2.32. The van der Waals surface area contributed by atoms with Crippen LogP contribution in [-0.4, -0.2) is 35.8 Å². The summed E-state index contributed by atoms with van der Waals surface area (Å²) >= 11 is 2.58. The van der Waals surface area contributed by atoms with Crippen molar-refractivity contribution in [2.24, 2.45) is 0 Å². The summed E-state index contributed by atoms with van der Waals surface area (Å²) in [4.78, 5) is 23.3. The van der Waals surface area contributed by atoms with E-state index in [2.05, 4.69) is 33.4 Å². The van der Waals surface area contributed by atoms with Crippen LogP contribution >= 0.6 is 12.6 Å². The third kappa shape index (κ3) is 6.55. The normalized spacial score (nSPS) is 14.6. The number of carbonyl (C=O) groups excluding carboxylic acids is 2. The molecular formula is C15H9F9O5S. The molecule has 0 fully saturated rings. The second-order valence-corrected chi connectivity index (χ2v) is 5.93. The van der Waals surface area contributed by atoms with Crippen molar-refractivity contribution >= 4 is 24.6 Å². The molecule has 0 aromatic heterocycles. The Balaban J connectivity index is 3.34. The molecule has 30 heavy (non-hydrogen) atoms. The molecule has 1 unspecified atom stereocenters. The first-order chi connectivity index (χ1) is 13.4. The van der Waals surface area contributed by atoms with Crippen LogP contribution < -0.4 is 4.74 Å². The van der Waals surface area contributed by atoms with Crippen molar-refractivity contribution in [2.75, 3.05) is 6.61 Å². The van der Waals surface area contributed by atoms with Gasteiger partial charge >= 0.3 is 35.3 Å². The largest absolute Gasteiger partial charge is 0.468 e. The van der Waals surface area contributed by atoms with Crippen LogP contribution in [0.15, 0.2) is 36.7 Å². The van der Waals surface area contributed by atoms with Gasteiger partial charge in [0.15, 0.2) is 0 Å². The molecule has 1 aromatic carbocycles. The predicted molar refractivity (Wildman–Crippen MR) is 82.1 cm³/mol. The van der Waals surface area contributed by atoms with Gasteiger partial charge in [-0.15, -0.1) is 12.6 Å². The van der Waals surface area contributed by atoms with Crippen LogP contribution in [0.5, 0.6) is 5.75 Å². The topological polar surface area (TPSA) is 61.8 Å². The minimum atomic E-state index is -6.11. The number of benzene rings is 1. The van der Waals surface area contributed by atoms with Crippen molar-refractivity contribution in [2.45, 2.75) is 23.4 Å². The van der Waals surface area contributed by atoms with E-state index in [1.54, 1.807) is 0 Å². The number of esters is 2. The standard InChI is InChI=1S/C15H9F9O5S/c1-7(16)10(25)29-13(15(22,23)24,27-6-12(17,18)30)11(26)28-9-4-2-8(3-5-9)14(19,20)21/h2-5,30H,1,6H2. The maximum absolute atomic E-state index is 13.5. The Labute approximate surface area is 166 Å². The van der Waals surface area contributed by atoms with E-state index in [0.29, 0.717) is 24.3 Å². The minimum Gasteiger partial charge on any atom is -0.421 e. The molecule has 0 amide bonds. The zero-order valence-electron chi connectivity index (χ0n) is 14.1. The third-order valence-corrected chi connectivity index (χ3v) is 3.07. The average Bonchev–Trinajstić information content (AvgIpc) is 2.55. The Morgan fingerprint density at radius 3 is 1.83 bits per heavy atom. The molecule has 1 aromatic rings. The van der Waals surface area contributed by atoms with Crippen molar-refractivity contribution in [3.05, 3.63) is 42.2 Å². The van der Waals surface area contributed by atoms with Gasteiger partial charge in [0.1, 0.15) is 12.4 Å². The van der Waals surface area contributed by atoms with Crippen molar-refractivity contribution in [1.82, 2.24) is 0 Å². The monoisotopic (exact) mass is 472 g/mol. The summed E-state index contributed by atoms with van der Waals surface area (Å²) in [5.41, 5.74) is -1.27. The third-order valence-electron chi connectivity index (χ3n) is 2.94. The quantitative estimate of drug-likeness (QED) is 0.159. The Kier molecular flexibility index (Phi) is 7.47. The summed E-state index contributed by atoms with van der Waals surface area (Å²) in [7, 11) is 0. The molecule has 0 saturated carbocycles. The molecule has 0 bridgehead atoms. The maximum atomic E-state index is 13.5. The summed E-state index contributed by atoms with van der Waals surface area (Å²) in [6, 6.07) is 1.45. The predicted octanol–water partition coefficient (Wildman–Crippen LogP) is 4.44. The Hall–Kier alpha value is -2.42. The van der Waals surface area contributed by atoms with Crippen molar-refractivity contribution in [3.63, 3.8) is 0 Å². The first-order valence-corrected chi connectivity index (χ1v) is 7.62. The average molecular weight is 472 g/mol. The fourth-order valence-electron chi connectivity index (χ4n) is 1.65. The van der Waals surface area contributed by atoms with Crippen molar-refractivity contribution < 1.29 is 63.3 Å². The highest BCUT2D eigenvalue weighted by Crippen LogP contribution is 2.39. The lowest BCUT2D eigenvalue weighted by atomic mass is 10.2. The number of ether oxygens (including phenoxy) is 3. The molecule has 0 radical (unpaired) electrons. The zero-order chi connectivity index (χ0) is 23.5. The fraction of sp³-hybridized carbons (Fsp3) is 0.333. The highest BCUT2D eigenvalue weighted by atomic mass is 32.1. The van der Waals surface area contributed by atoms with Gasteiger partial charge < -0.3 is 14.2 Å². The number of alkyl halides is 8. The van der Waals surface area contributed by atoms with Crippen molar-refractivity contribution in [1.29, 1.82) is 0 Å². The molecular weight excluding hydrogens is 463 g/mol. The SMILES string of the molecule is C=C(F)C(=O)OC(OCC(F)(F)S)(C(=O)Oc1ccc(C(F)(F)F)cc1)C(F)(F)F. The Morgan fingerprint density at radius 1 is 0.967 bits per heavy atom. The van der Waals surface area contributed by atoms with Crippen molar-refractivity contribution in [3.8, 4) is 5.75 Å². The van der Waals surface area contributed by atoms with Gasteiger partial charge in [0.25, 0.3) is 0 Å². The lowest BCUT2D eigenvalue weighted by molar-refractivity contribution is -0.357. The second kappa shape index (κ2) is 8.75. The number of hydrogen-bond acceptors (Lipinski definition) is 6. The van der Waals surface area contributed by atoms with Gasteiger partial charge in [-0.25, -0.2) is 9.59 Å². The summed E-state index contributed by atoms with van der Waals surface area (Å²) in [6.07, 6.45) is -10.9. The minimum absolute atomic E-state index is 0.316. The Morgan fingerprint density at radius 2 is 1.47 bits per heavy atom. The summed E-state index contributed by atoms with van der Waals surface area (Å²) in [5, 5.41) is -4.29. The van der Waals surface area contributed by atoms with Gasteiger partial charge in [-0.2, -0.15) is 39.5 Å². The van der Waals surface area contributed by atoms with Gasteiger partial charge in [-0.05, 0) is 24.3 Å². The van der Waals surface area contributed by atoms with Gasteiger partial charge in [0, 0.05) is 0 Å². The molecule has 0 spiro atoms. The van der Waals surface area contributed by atoms with Crippen LogP contribution in [0, 0.1) is 0 Å². The van der Waals surface area contributed by atoms with E-state index in [1.807, 2.05) is 0 Å². The lowest BCUT2D eigenvalue weighted by Crippen LogP contribution is -2.60. The first-order valence-electron chi connectivity index (χ1n) is 7.17. The first kappa shape index (κ1) is 25.6. The number of rotatable bonds is 7. The number of thiol groups is 1. The number of carbonyl (C=O) groups is 2. The number of halogens is 9. The van der Waals surface area contributed by atoms with E-state index in [4.69, 9.17) is 0 Å². The van der Waals surface area contributed by atoms with Crippen LogP contribution in [0.1, 0.15) is 5.56 Å². The summed E-state index contributed by atoms with van der Waals surface area (Å²) in [6.45, 7) is 0.0461. The van der Waals surface area contributed by atoms with Crippen LogP contribution in [0.3, 0.4) is 0 Å². The van der Waals surface area contributed by atoms with Gasteiger partial charge in [0.2, 0.25) is 5.83 Å². The van der Waals surface area contributed by atoms with E-state index in [-0.39, 0.29) is 0 Å². The molecule has 0 N–H and O–H groups in total. The van der Waals surface area contributed by atoms with E-state index in [1.165, 1.54) is 0 Å². The number of hydrogen-bond donors (Lipinski definition) is 1. The van der Waals surface area contributed by atoms with E-state index >= 15 is 0 Å². The second-order valence-electron chi connectivity index (χ2n) is 5.27. The maximum Gasteiger partial charge on any atom is 0.468 e. The smallest absolute Gasteiger partial charge is 0.421 e. The van der Waals surface area contributed by atoms with Gasteiger partial charge in [-0.3, -0.25) is 0 Å². The molecule has 0 heterocycles. The van der Waals surface area contributed by atoms with Crippen LogP contribution in [0.4, 0.5) is 39.5 Å². The van der Waals surface area contributed by atoms with Crippen LogP contribution in [-0.2, 0) is 25.2 Å². The highest BCUT2D eigenvalue weighted by molar-refractivity contribution is 7.81. The molecule has 0 aliphatic rings. The van der Waals surface area contributed by atoms with Gasteiger partial charge in [0.05, 0.1) is 5.56 Å². The molecule has 0 saturated heterocycles. The molecule has 15 heteroatoms. The van der Waals surface area contributed by atoms with Crippen LogP contribution in [0.25, 0.3) is 0 Å². The molecule has 5 nitrogen and oxygen atoms in total. The zero-order valence-corrected chi connectivity index (χ0v) is 15.0. The summed E-state index contributed by atoms with van der Waals surface area (Å²) in [5.74, 6) is -13.3. The molecule has 0 aliphatic carbocycles. The fourth-order valence-corrected chi connectivity index (χ4v) is 1.71. The summed E-state index contributed by atoms with van der Waals surface area (Å²) < 4.78 is 128. The van der Waals surface area contributed by atoms with E-state index < -0.39 is 59.1 Å². The highest BCUT2D eigenvalue weighted by Gasteiger charge is 2.68. The van der Waals surface area contributed by atoms with Crippen LogP contribution in [0.2, 0.25) is 0 Å². The molecule has 1 rings (SSSR count).